The lowest BCUT2D eigenvalue weighted by Crippen LogP contribution is -2.30. The number of aliphatic hydroxyl groups is 1. The molecule has 0 aliphatic rings. The van der Waals surface area contributed by atoms with Gasteiger partial charge in [-0.05, 0) is 31.6 Å². The number of hydrogen-bond donors (Lipinski definition) is 3. The number of unbranched alkanes of at least 4 members (excludes halogenated alkanes) is 47. The van der Waals surface area contributed by atoms with Crippen LogP contribution in [0.1, 0.15) is 401 Å². The van der Waals surface area contributed by atoms with Crippen LogP contribution in [-0.4, -0.2) is 96.7 Å². The molecule has 0 fully saturated rings. The zero-order valence-electron chi connectivity index (χ0n) is 61.8. The lowest BCUT2D eigenvalue weighted by atomic mass is 9.99. The van der Waals surface area contributed by atoms with Crippen molar-refractivity contribution >= 4 is 39.5 Å². The highest BCUT2D eigenvalue weighted by atomic mass is 31.2. The monoisotopic (exact) mass is 1400 g/mol. The van der Waals surface area contributed by atoms with Crippen LogP contribution in [0.2, 0.25) is 0 Å². The normalized spacial score (nSPS) is 14.2. The molecule has 0 radical (unpaired) electrons. The second-order valence-corrected chi connectivity index (χ2v) is 30.5. The van der Waals surface area contributed by atoms with Gasteiger partial charge in [-0.15, -0.1) is 0 Å². The summed E-state index contributed by atoms with van der Waals surface area (Å²) < 4.78 is 68.4. The Balaban J connectivity index is 5.18. The summed E-state index contributed by atoms with van der Waals surface area (Å²) in [5, 5.41) is 10.6. The molecule has 3 unspecified atom stereocenters. The highest BCUT2D eigenvalue weighted by Gasteiger charge is 2.30. The SMILES string of the molecule is CCCCCCCCCCCCCCCCCCCCC(=O)OC[C@H](COP(=O)(O)OC[C@@H](O)COP(=O)(O)OC[C@@H](COC(=O)CCCCCCCCC)OC(=O)CCCCCCCCCCC(C)CC)OC(=O)CCCCCCCCCCCCCCCCCCCC. The van der Waals surface area contributed by atoms with E-state index in [0.717, 1.165) is 109 Å². The first-order valence-electron chi connectivity index (χ1n) is 39.7. The molecule has 19 heteroatoms. The molecule has 0 spiro atoms. The molecular weight excluding hydrogens is 1250 g/mol. The van der Waals surface area contributed by atoms with E-state index in [4.69, 9.17) is 37.0 Å². The summed E-state index contributed by atoms with van der Waals surface area (Å²) in [5.41, 5.74) is 0. The number of aliphatic hydroxyl groups excluding tert-OH is 1. The fourth-order valence-corrected chi connectivity index (χ4v) is 13.3. The van der Waals surface area contributed by atoms with Crippen LogP contribution in [0.25, 0.3) is 0 Å². The standard InChI is InChI=1S/C76H148O17P2/c1-6-10-13-16-19-21-23-25-27-29-31-33-35-37-39-45-50-55-60-74(79)87-66-72(92-75(80)61-56-51-46-40-38-36-34-32-30-28-26-24-22-20-17-14-11-7-2)68-91-95(84,85)89-64-70(77)63-88-94(82,83)90-67-71(65-86-73(78)59-54-49-43-18-15-12-8-3)93-76(81)62-57-52-47-42-41-44-48-53-58-69(5)9-4/h69-72,77H,6-68H2,1-5H3,(H,82,83)(H,84,85)/t69?,70-,71+,72+/m0/s1. The van der Waals surface area contributed by atoms with Crippen molar-refractivity contribution in [3.8, 4) is 0 Å². The fraction of sp³-hybridized carbons (Fsp3) is 0.947. The van der Waals surface area contributed by atoms with E-state index in [1.807, 2.05) is 0 Å². The second-order valence-electron chi connectivity index (χ2n) is 27.6. The molecule has 564 valence electrons. The average molecular weight is 1400 g/mol. The van der Waals surface area contributed by atoms with E-state index < -0.39 is 97.5 Å². The first-order valence-corrected chi connectivity index (χ1v) is 42.7. The molecule has 0 aliphatic heterocycles. The maximum Gasteiger partial charge on any atom is 0.472 e. The van der Waals surface area contributed by atoms with E-state index in [1.54, 1.807) is 0 Å². The van der Waals surface area contributed by atoms with Crippen LogP contribution >= 0.6 is 15.6 Å². The van der Waals surface area contributed by atoms with Gasteiger partial charge in [-0.3, -0.25) is 37.3 Å². The number of rotatable bonds is 76. The van der Waals surface area contributed by atoms with Gasteiger partial charge in [0.2, 0.25) is 0 Å². The van der Waals surface area contributed by atoms with Crippen molar-refractivity contribution in [3.63, 3.8) is 0 Å². The predicted octanol–water partition coefficient (Wildman–Crippen LogP) is 22.5. The molecule has 0 aromatic heterocycles. The van der Waals surface area contributed by atoms with Crippen LogP contribution in [0.5, 0.6) is 0 Å². The molecule has 6 atom stereocenters. The topological polar surface area (TPSA) is 237 Å². The van der Waals surface area contributed by atoms with Crippen molar-refractivity contribution in [1.82, 2.24) is 0 Å². The number of carbonyl (C=O) groups excluding carboxylic acids is 4. The third-order valence-electron chi connectivity index (χ3n) is 18.1. The summed E-state index contributed by atoms with van der Waals surface area (Å²) in [6, 6.07) is 0. The molecule has 3 N–H and O–H groups in total. The Morgan fingerprint density at radius 2 is 0.505 bits per heavy atom. The lowest BCUT2D eigenvalue weighted by Gasteiger charge is -2.21. The van der Waals surface area contributed by atoms with Crippen LogP contribution in [0, 0.1) is 5.92 Å². The smallest absolute Gasteiger partial charge is 0.462 e. The van der Waals surface area contributed by atoms with E-state index in [-0.39, 0.29) is 25.7 Å². The molecule has 0 amide bonds. The molecule has 0 heterocycles. The molecule has 0 bridgehead atoms. The van der Waals surface area contributed by atoms with E-state index in [1.165, 1.54) is 212 Å². The largest absolute Gasteiger partial charge is 0.472 e. The van der Waals surface area contributed by atoms with E-state index >= 15 is 0 Å². The Hall–Kier alpha value is -1.94. The van der Waals surface area contributed by atoms with Crippen LogP contribution in [-0.2, 0) is 65.4 Å². The highest BCUT2D eigenvalue weighted by Crippen LogP contribution is 2.45. The highest BCUT2D eigenvalue weighted by molar-refractivity contribution is 7.47. The van der Waals surface area contributed by atoms with Crippen LogP contribution in [0.4, 0.5) is 0 Å². The molecule has 0 aliphatic carbocycles. The Kier molecular flexibility index (Phi) is 67.7. The van der Waals surface area contributed by atoms with Gasteiger partial charge in [-0.1, -0.05) is 349 Å². The minimum Gasteiger partial charge on any atom is -0.462 e. The van der Waals surface area contributed by atoms with Crippen LogP contribution in [0.3, 0.4) is 0 Å². The molecule has 0 aromatic rings. The minimum absolute atomic E-state index is 0.105. The zero-order chi connectivity index (χ0) is 69.8. The van der Waals surface area contributed by atoms with Crippen molar-refractivity contribution in [2.45, 2.75) is 419 Å². The third kappa shape index (κ3) is 69.0. The maximum absolute atomic E-state index is 13.1. The van der Waals surface area contributed by atoms with Gasteiger partial charge in [0.05, 0.1) is 26.4 Å². The first-order chi connectivity index (χ1) is 46.1. The summed E-state index contributed by atoms with van der Waals surface area (Å²) >= 11 is 0. The molecular formula is C76H148O17P2. The number of hydrogen-bond acceptors (Lipinski definition) is 15. The average Bonchev–Trinajstić information content (AvgIpc) is 2.88. The van der Waals surface area contributed by atoms with Gasteiger partial charge in [-0.25, -0.2) is 9.13 Å². The molecule has 95 heavy (non-hydrogen) atoms. The molecule has 0 saturated heterocycles. The molecule has 0 aromatic carbocycles. The first kappa shape index (κ1) is 93.1. The molecule has 0 rings (SSSR count). The van der Waals surface area contributed by atoms with Gasteiger partial charge in [0.15, 0.2) is 12.2 Å². The van der Waals surface area contributed by atoms with Gasteiger partial charge < -0.3 is 33.8 Å². The van der Waals surface area contributed by atoms with E-state index in [2.05, 4.69) is 34.6 Å². The van der Waals surface area contributed by atoms with E-state index in [0.29, 0.717) is 25.7 Å². The number of carbonyl (C=O) groups is 4. The van der Waals surface area contributed by atoms with E-state index in [9.17, 15) is 43.2 Å². The summed E-state index contributed by atoms with van der Waals surface area (Å²) in [7, 11) is -9.90. The van der Waals surface area contributed by atoms with Crippen molar-refractivity contribution in [2.24, 2.45) is 5.92 Å². The summed E-state index contributed by atoms with van der Waals surface area (Å²) in [4.78, 5) is 72.7. The van der Waals surface area contributed by atoms with Gasteiger partial charge in [0, 0.05) is 25.7 Å². The number of esters is 4. The van der Waals surface area contributed by atoms with Gasteiger partial charge in [-0.2, -0.15) is 0 Å². The van der Waals surface area contributed by atoms with Crippen LogP contribution < -0.4 is 0 Å². The maximum atomic E-state index is 13.1. The Labute approximate surface area is 581 Å². The summed E-state index contributed by atoms with van der Waals surface area (Å²) in [5.74, 6) is -1.35. The predicted molar refractivity (Wildman–Crippen MR) is 386 cm³/mol. The zero-order valence-corrected chi connectivity index (χ0v) is 63.6. The second kappa shape index (κ2) is 69.2. The van der Waals surface area contributed by atoms with Crippen molar-refractivity contribution < 1.29 is 80.2 Å². The Morgan fingerprint density at radius 1 is 0.295 bits per heavy atom. The Morgan fingerprint density at radius 3 is 0.747 bits per heavy atom. The number of phosphoric ester groups is 2. The van der Waals surface area contributed by atoms with Crippen molar-refractivity contribution in [1.29, 1.82) is 0 Å². The fourth-order valence-electron chi connectivity index (χ4n) is 11.7. The molecule has 0 saturated carbocycles. The van der Waals surface area contributed by atoms with Gasteiger partial charge in [0.25, 0.3) is 0 Å². The summed E-state index contributed by atoms with van der Waals surface area (Å²) in [6.07, 6.45) is 58.4. The molecule has 17 nitrogen and oxygen atoms in total. The quantitative estimate of drug-likeness (QED) is 0.0222. The third-order valence-corrected chi connectivity index (χ3v) is 20.0. The van der Waals surface area contributed by atoms with Gasteiger partial charge >= 0.3 is 39.5 Å². The number of ether oxygens (including phenoxy) is 4. The van der Waals surface area contributed by atoms with Crippen LogP contribution in [0.15, 0.2) is 0 Å². The number of phosphoric acid groups is 2. The minimum atomic E-state index is -4.96. The summed E-state index contributed by atoms with van der Waals surface area (Å²) in [6.45, 7) is 7.25. The Bertz CT molecular complexity index is 1820. The van der Waals surface area contributed by atoms with Gasteiger partial charge in [0.1, 0.15) is 19.3 Å². The van der Waals surface area contributed by atoms with Crippen molar-refractivity contribution in [3.05, 3.63) is 0 Å². The van der Waals surface area contributed by atoms with Crippen molar-refractivity contribution in [2.75, 3.05) is 39.6 Å². The lowest BCUT2D eigenvalue weighted by molar-refractivity contribution is -0.161.